The zero-order valence-corrected chi connectivity index (χ0v) is 15.5. The Kier molecular flexibility index (Phi) is 7.76. The predicted octanol–water partition coefficient (Wildman–Crippen LogP) is 2.41. The number of halogens is 1. The summed E-state index contributed by atoms with van der Waals surface area (Å²) in [7, 11) is 1.83. The summed E-state index contributed by atoms with van der Waals surface area (Å²) in [5, 5.41) is 5.16. The Morgan fingerprint density at radius 3 is 2.33 bits per heavy atom. The fourth-order valence-electron chi connectivity index (χ4n) is 2.44. The van der Waals surface area contributed by atoms with Crippen LogP contribution < -0.4 is 15.4 Å². The van der Waals surface area contributed by atoms with Crippen LogP contribution in [0.5, 0.6) is 5.75 Å². The van der Waals surface area contributed by atoms with Crippen LogP contribution in [-0.4, -0.2) is 43.5 Å². The van der Waals surface area contributed by atoms with Crippen molar-refractivity contribution in [2.24, 2.45) is 0 Å². The summed E-state index contributed by atoms with van der Waals surface area (Å²) >= 11 is 0. The first kappa shape index (κ1) is 20.4. The van der Waals surface area contributed by atoms with Crippen molar-refractivity contribution >= 4 is 17.5 Å². The number of benzene rings is 2. The van der Waals surface area contributed by atoms with Crippen molar-refractivity contribution in [3.05, 3.63) is 59.9 Å². The molecule has 0 spiro atoms. The molecule has 2 rings (SSSR count). The Hall–Kier alpha value is -2.93. The van der Waals surface area contributed by atoms with Gasteiger partial charge in [0.2, 0.25) is 11.8 Å². The van der Waals surface area contributed by atoms with Crippen LogP contribution in [0.4, 0.5) is 10.1 Å². The lowest BCUT2D eigenvalue weighted by Crippen LogP contribution is -2.39. The highest BCUT2D eigenvalue weighted by Gasteiger charge is 2.09. The fourth-order valence-corrected chi connectivity index (χ4v) is 2.44. The molecule has 2 aromatic carbocycles. The number of carbonyl (C=O) groups excluding carboxylic acids is 2. The zero-order chi connectivity index (χ0) is 19.6. The lowest BCUT2D eigenvalue weighted by molar-refractivity contribution is -0.124. The Bertz CT molecular complexity index is 748. The predicted molar refractivity (Wildman–Crippen MR) is 102 cm³/mol. The monoisotopic (exact) mass is 373 g/mol. The van der Waals surface area contributed by atoms with Crippen LogP contribution in [0.1, 0.15) is 12.5 Å². The lowest BCUT2D eigenvalue weighted by atomic mass is 10.2. The highest BCUT2D eigenvalue weighted by molar-refractivity contribution is 5.94. The normalized spacial score (nSPS) is 10.5. The van der Waals surface area contributed by atoms with E-state index in [0.717, 1.165) is 11.3 Å². The molecule has 0 fully saturated rings. The smallest absolute Gasteiger partial charge is 0.243 e. The fraction of sp³-hybridized carbons (Fsp3) is 0.300. The third-order valence-corrected chi connectivity index (χ3v) is 3.67. The molecule has 2 N–H and O–H groups in total. The SMILES string of the molecule is CCOc1ccc(CN(C)CC(=O)NCC(=O)Nc2ccc(F)cc2)cc1. The van der Waals surface area contributed by atoms with Crippen LogP contribution in [0.3, 0.4) is 0 Å². The molecular weight excluding hydrogens is 349 g/mol. The van der Waals surface area contributed by atoms with Gasteiger partial charge in [0, 0.05) is 12.2 Å². The average molecular weight is 373 g/mol. The second-order valence-electron chi connectivity index (χ2n) is 6.08. The Labute approximate surface area is 158 Å². The number of nitrogens with one attached hydrogen (secondary N) is 2. The molecule has 0 aliphatic rings. The van der Waals surface area contributed by atoms with Crippen molar-refractivity contribution in [2.75, 3.05) is 32.1 Å². The summed E-state index contributed by atoms with van der Waals surface area (Å²) in [5.41, 5.74) is 1.53. The van der Waals surface area contributed by atoms with Crippen LogP contribution >= 0.6 is 0 Å². The first-order valence-electron chi connectivity index (χ1n) is 8.68. The summed E-state index contributed by atoms with van der Waals surface area (Å²) in [6, 6.07) is 13.1. The summed E-state index contributed by atoms with van der Waals surface area (Å²) in [4.78, 5) is 25.7. The number of nitrogens with zero attached hydrogens (tertiary/aromatic N) is 1. The van der Waals surface area contributed by atoms with Crippen LogP contribution in [0.25, 0.3) is 0 Å². The molecular formula is C20H24FN3O3. The summed E-state index contributed by atoms with van der Waals surface area (Å²) < 4.78 is 18.2. The number of hydrogen-bond donors (Lipinski definition) is 2. The molecule has 0 aliphatic carbocycles. The maximum absolute atomic E-state index is 12.8. The summed E-state index contributed by atoms with van der Waals surface area (Å²) in [6.07, 6.45) is 0. The van der Waals surface area contributed by atoms with E-state index in [1.807, 2.05) is 43.1 Å². The minimum absolute atomic E-state index is 0.146. The molecule has 0 radical (unpaired) electrons. The quantitative estimate of drug-likeness (QED) is 0.708. The number of ether oxygens (including phenoxy) is 1. The van der Waals surface area contributed by atoms with Gasteiger partial charge in [0.15, 0.2) is 0 Å². The molecule has 27 heavy (non-hydrogen) atoms. The van der Waals surface area contributed by atoms with Gasteiger partial charge in [-0.3, -0.25) is 14.5 Å². The number of carbonyl (C=O) groups is 2. The number of rotatable bonds is 9. The highest BCUT2D eigenvalue weighted by Crippen LogP contribution is 2.13. The zero-order valence-electron chi connectivity index (χ0n) is 15.5. The van der Waals surface area contributed by atoms with E-state index in [1.165, 1.54) is 24.3 Å². The van der Waals surface area contributed by atoms with E-state index in [9.17, 15) is 14.0 Å². The van der Waals surface area contributed by atoms with E-state index >= 15 is 0 Å². The number of amides is 2. The van der Waals surface area contributed by atoms with Crippen molar-refractivity contribution in [2.45, 2.75) is 13.5 Å². The molecule has 0 aliphatic heterocycles. The van der Waals surface area contributed by atoms with E-state index in [4.69, 9.17) is 4.74 Å². The molecule has 0 heterocycles. The summed E-state index contributed by atoms with van der Waals surface area (Å²) in [5.74, 6) is -0.188. The Balaban J connectivity index is 1.71. The van der Waals surface area contributed by atoms with E-state index in [1.54, 1.807) is 0 Å². The minimum atomic E-state index is -0.378. The van der Waals surface area contributed by atoms with Crippen molar-refractivity contribution < 1.29 is 18.7 Å². The van der Waals surface area contributed by atoms with Crippen molar-refractivity contribution in [3.8, 4) is 5.75 Å². The van der Waals surface area contributed by atoms with Crippen LogP contribution in [0, 0.1) is 5.82 Å². The summed E-state index contributed by atoms with van der Waals surface area (Å²) in [6.45, 7) is 3.17. The minimum Gasteiger partial charge on any atom is -0.494 e. The first-order chi connectivity index (χ1) is 13.0. The molecule has 0 saturated carbocycles. The third-order valence-electron chi connectivity index (χ3n) is 3.67. The van der Waals surface area contributed by atoms with Gasteiger partial charge < -0.3 is 15.4 Å². The van der Waals surface area contributed by atoms with Crippen LogP contribution in [0.2, 0.25) is 0 Å². The van der Waals surface area contributed by atoms with Crippen LogP contribution in [0.15, 0.2) is 48.5 Å². The van der Waals surface area contributed by atoms with Gasteiger partial charge >= 0.3 is 0 Å². The third kappa shape index (κ3) is 7.45. The van der Waals surface area contributed by atoms with Gasteiger partial charge in [-0.05, 0) is 55.9 Å². The largest absolute Gasteiger partial charge is 0.494 e. The van der Waals surface area contributed by atoms with E-state index in [-0.39, 0.29) is 30.7 Å². The number of likely N-dealkylation sites (N-methyl/N-ethyl adjacent to an activating group) is 1. The highest BCUT2D eigenvalue weighted by atomic mass is 19.1. The molecule has 144 valence electrons. The van der Waals surface area contributed by atoms with E-state index < -0.39 is 0 Å². The van der Waals surface area contributed by atoms with Gasteiger partial charge in [-0.1, -0.05) is 12.1 Å². The second kappa shape index (κ2) is 10.3. The second-order valence-corrected chi connectivity index (χ2v) is 6.08. The van der Waals surface area contributed by atoms with Crippen molar-refractivity contribution in [1.82, 2.24) is 10.2 Å². The molecule has 0 saturated heterocycles. The molecule has 7 heteroatoms. The van der Waals surface area contributed by atoms with E-state index in [2.05, 4.69) is 10.6 Å². The van der Waals surface area contributed by atoms with Gasteiger partial charge in [-0.25, -0.2) is 4.39 Å². The van der Waals surface area contributed by atoms with Gasteiger partial charge in [0.25, 0.3) is 0 Å². The van der Waals surface area contributed by atoms with Gasteiger partial charge in [0.05, 0.1) is 19.7 Å². The number of anilines is 1. The average Bonchev–Trinajstić information content (AvgIpc) is 2.64. The van der Waals surface area contributed by atoms with Crippen molar-refractivity contribution in [3.63, 3.8) is 0 Å². The molecule has 0 unspecified atom stereocenters. The van der Waals surface area contributed by atoms with E-state index in [0.29, 0.717) is 18.8 Å². The first-order valence-corrected chi connectivity index (χ1v) is 8.68. The molecule has 2 amide bonds. The van der Waals surface area contributed by atoms with Gasteiger partial charge in [-0.2, -0.15) is 0 Å². The topological polar surface area (TPSA) is 70.7 Å². The van der Waals surface area contributed by atoms with Gasteiger partial charge in [-0.15, -0.1) is 0 Å². The molecule has 2 aromatic rings. The number of hydrogen-bond acceptors (Lipinski definition) is 4. The molecule has 6 nitrogen and oxygen atoms in total. The standard InChI is InChI=1S/C20H24FN3O3/c1-3-27-18-10-4-15(5-11-18)13-24(2)14-20(26)22-12-19(25)23-17-8-6-16(21)7-9-17/h4-11H,3,12-14H2,1-2H3,(H,22,26)(H,23,25). The Morgan fingerprint density at radius 1 is 1.04 bits per heavy atom. The van der Waals surface area contributed by atoms with Gasteiger partial charge in [0.1, 0.15) is 11.6 Å². The molecule has 0 atom stereocenters. The lowest BCUT2D eigenvalue weighted by Gasteiger charge is -2.16. The maximum atomic E-state index is 12.8. The maximum Gasteiger partial charge on any atom is 0.243 e. The molecule has 0 aromatic heterocycles. The van der Waals surface area contributed by atoms with Crippen molar-refractivity contribution in [1.29, 1.82) is 0 Å². The van der Waals surface area contributed by atoms with Crippen LogP contribution in [-0.2, 0) is 16.1 Å². The Morgan fingerprint density at radius 2 is 1.70 bits per heavy atom. The molecule has 0 bridgehead atoms.